The van der Waals surface area contributed by atoms with Crippen LogP contribution in [0.1, 0.15) is 64.3 Å². The van der Waals surface area contributed by atoms with Crippen molar-refractivity contribution in [1.82, 2.24) is 15.5 Å². The Hall–Kier alpha value is -6.57. The number of thiocarbonyl (C=S) groups is 1. The highest BCUT2D eigenvalue weighted by molar-refractivity contribution is 7.80. The molecular weight excluding hydrogens is 767 g/mol. The van der Waals surface area contributed by atoms with Crippen LogP contribution in [0.15, 0.2) is 112 Å². The minimum absolute atomic E-state index is 0.00551. The number of phenols is 1. The van der Waals surface area contributed by atoms with Crippen molar-refractivity contribution in [2.24, 2.45) is 5.73 Å². The second kappa shape index (κ2) is 19.2. The average Bonchev–Trinajstić information content (AvgIpc) is 3.20. The lowest BCUT2D eigenvalue weighted by molar-refractivity contribution is -0.136. The average molecular weight is 814 g/mol. The van der Waals surface area contributed by atoms with Gasteiger partial charge in [-0.05, 0) is 92.0 Å². The molecule has 1 heterocycles. The number of hydrogen-bond donors (Lipinski definition) is 6. The summed E-state index contributed by atoms with van der Waals surface area (Å²) >= 11 is 5.50. The second-order valence-corrected chi connectivity index (χ2v) is 14.9. The molecule has 1 aliphatic carbocycles. The molecule has 0 radical (unpaired) electrons. The number of aromatic carboxylic acids is 1. The number of nitrogens with zero attached hydrogens (tertiary/aromatic N) is 1. The fraction of sp³-hybridized carbons (Fsp3) is 0.239. The van der Waals surface area contributed by atoms with Crippen LogP contribution in [0, 0.1) is 13.8 Å². The summed E-state index contributed by atoms with van der Waals surface area (Å²) in [6.07, 6.45) is 2.30. The van der Waals surface area contributed by atoms with Crippen LogP contribution < -0.4 is 27.1 Å². The molecule has 0 saturated carbocycles. The van der Waals surface area contributed by atoms with Gasteiger partial charge in [0.2, 0.25) is 11.8 Å². The number of rotatable bonds is 16. The maximum atomic E-state index is 13.4. The van der Waals surface area contributed by atoms with Crippen molar-refractivity contribution in [3.05, 3.63) is 141 Å². The number of fused-ring (bicyclic) bond motifs is 2. The van der Waals surface area contributed by atoms with Crippen molar-refractivity contribution in [2.75, 3.05) is 31.5 Å². The molecule has 0 atom stereocenters. The normalized spacial score (nSPS) is 11.1. The van der Waals surface area contributed by atoms with Crippen LogP contribution in [0.5, 0.6) is 5.75 Å². The highest BCUT2D eigenvalue weighted by atomic mass is 32.1. The third-order valence-electron chi connectivity index (χ3n) is 10.0. The van der Waals surface area contributed by atoms with Crippen molar-refractivity contribution < 1.29 is 29.0 Å². The molecule has 0 unspecified atom stereocenters. The molecule has 1 aliphatic heterocycles. The number of carboxylic acid groups (broad SMARTS) is 1. The highest BCUT2D eigenvalue weighted by Gasteiger charge is 2.24. The van der Waals surface area contributed by atoms with E-state index in [0.717, 1.165) is 28.7 Å². The van der Waals surface area contributed by atoms with Gasteiger partial charge in [-0.3, -0.25) is 14.4 Å². The summed E-state index contributed by atoms with van der Waals surface area (Å²) in [5, 5.41) is 30.6. The third-order valence-corrected chi connectivity index (χ3v) is 10.3. The summed E-state index contributed by atoms with van der Waals surface area (Å²) in [7, 11) is 0. The number of unbranched alkanes of at least 4 members (excludes halogenated alkanes) is 2. The van der Waals surface area contributed by atoms with E-state index in [2.05, 4.69) is 16.0 Å². The van der Waals surface area contributed by atoms with E-state index in [1.807, 2.05) is 62.4 Å². The van der Waals surface area contributed by atoms with Gasteiger partial charge < -0.3 is 41.2 Å². The van der Waals surface area contributed by atoms with E-state index in [0.29, 0.717) is 57.8 Å². The van der Waals surface area contributed by atoms with Crippen molar-refractivity contribution in [3.63, 3.8) is 0 Å². The Morgan fingerprint density at radius 3 is 2.17 bits per heavy atom. The first kappa shape index (κ1) is 42.0. The van der Waals surface area contributed by atoms with Crippen LogP contribution >= 0.6 is 12.2 Å². The Morgan fingerprint density at radius 1 is 0.831 bits per heavy atom. The Labute approximate surface area is 347 Å². The largest absolute Gasteiger partial charge is 0.508 e. The van der Waals surface area contributed by atoms with Gasteiger partial charge in [0.15, 0.2) is 10.5 Å². The van der Waals surface area contributed by atoms with E-state index >= 15 is 0 Å². The van der Waals surface area contributed by atoms with Gasteiger partial charge in [-0.25, -0.2) is 4.79 Å². The second-order valence-electron chi connectivity index (χ2n) is 14.5. The number of carboxylic acids is 1. The molecule has 2 amide bonds. The van der Waals surface area contributed by atoms with Crippen LogP contribution in [-0.2, 0) is 9.59 Å². The Morgan fingerprint density at radius 2 is 1.51 bits per heavy atom. The maximum absolute atomic E-state index is 13.4. The zero-order chi connectivity index (χ0) is 42.1. The van der Waals surface area contributed by atoms with E-state index in [1.54, 1.807) is 24.3 Å². The molecule has 0 aromatic heterocycles. The van der Waals surface area contributed by atoms with Crippen LogP contribution in [-0.4, -0.2) is 64.2 Å². The molecule has 4 aromatic rings. The third kappa shape index (κ3) is 10.7. The smallest absolute Gasteiger partial charge is 0.336 e. The number of aromatic hydroxyl groups is 1. The van der Waals surface area contributed by atoms with Crippen molar-refractivity contribution in [1.29, 1.82) is 0 Å². The standard InChI is InChI=1S/C46H47N5O7S/c1-28-7-11-30(12-8-28)44(31-13-9-29(2)10-14-31)50-41(54)27-51(23-21-47)42(55)6-4-3-5-22-48-46(59)49-32-15-18-35(38(24-32)45(56)57)43-36-19-16-33(52)25-39(36)58-40-26-34(53)17-20-37(40)43/h7-20,24-26,44,52H,3-6,21-23,27,47H2,1-2H3,(H,50,54)(H,56,57)(H2,48,49,59). The molecule has 59 heavy (non-hydrogen) atoms. The number of hydrogen-bond acceptors (Lipinski definition) is 8. The van der Waals surface area contributed by atoms with Crippen LogP contribution in [0.2, 0.25) is 0 Å². The van der Waals surface area contributed by atoms with Crippen molar-refractivity contribution >= 4 is 51.8 Å². The van der Waals surface area contributed by atoms with Gasteiger partial charge in [-0.15, -0.1) is 0 Å². The van der Waals surface area contributed by atoms with E-state index in [1.165, 1.54) is 35.2 Å². The fourth-order valence-corrected chi connectivity index (χ4v) is 7.20. The monoisotopic (exact) mass is 813 g/mol. The summed E-state index contributed by atoms with van der Waals surface area (Å²) in [6, 6.07) is 29.4. The molecule has 4 aromatic carbocycles. The molecule has 12 nitrogen and oxygen atoms in total. The number of benzene rings is 5. The SMILES string of the molecule is Cc1ccc(C(NC(=O)CN(CCN)C(=O)CCCCCNC(=S)Nc2ccc(-c3c4ccc(=O)cc-4oc4cc(O)ccc34)c(C(=O)O)c2)c2ccc(C)cc2)cc1. The molecule has 304 valence electrons. The molecule has 0 fully saturated rings. The van der Waals surface area contributed by atoms with Gasteiger partial charge >= 0.3 is 5.97 Å². The van der Waals surface area contributed by atoms with E-state index in [9.17, 15) is 29.4 Å². The minimum atomic E-state index is -1.17. The predicted octanol–water partition coefficient (Wildman–Crippen LogP) is 7.13. The van der Waals surface area contributed by atoms with Gasteiger partial charge in [0.05, 0.1) is 18.2 Å². The quantitative estimate of drug-likeness (QED) is 0.0332. The number of phenolic OH excluding ortho intramolecular Hbond substituents is 1. The number of carbonyl (C=O) groups excluding carboxylic acids is 2. The summed E-state index contributed by atoms with van der Waals surface area (Å²) in [5.74, 6) is -1.36. The fourth-order valence-electron chi connectivity index (χ4n) is 6.98. The molecule has 0 spiro atoms. The van der Waals surface area contributed by atoms with Crippen molar-refractivity contribution in [2.45, 2.75) is 45.6 Å². The summed E-state index contributed by atoms with van der Waals surface area (Å²) in [5.41, 5.74) is 11.9. The van der Waals surface area contributed by atoms with Crippen molar-refractivity contribution in [3.8, 4) is 28.2 Å². The van der Waals surface area contributed by atoms with Crippen LogP contribution in [0.4, 0.5) is 5.69 Å². The molecule has 13 heteroatoms. The molecule has 7 N–H and O–H groups in total. The summed E-state index contributed by atoms with van der Waals surface area (Å²) in [4.78, 5) is 52.8. The van der Waals surface area contributed by atoms with E-state index in [4.69, 9.17) is 22.4 Å². The van der Waals surface area contributed by atoms with Gasteiger partial charge in [0.25, 0.3) is 0 Å². The number of carbonyl (C=O) groups is 3. The number of amides is 2. The number of anilines is 1. The lowest BCUT2D eigenvalue weighted by atomic mass is 9.90. The first-order chi connectivity index (χ1) is 28.4. The minimum Gasteiger partial charge on any atom is -0.508 e. The molecule has 0 bridgehead atoms. The van der Waals surface area contributed by atoms with E-state index in [-0.39, 0.29) is 66.4 Å². The van der Waals surface area contributed by atoms with Gasteiger partial charge in [-0.1, -0.05) is 72.1 Å². The lowest BCUT2D eigenvalue weighted by Gasteiger charge is -2.25. The highest BCUT2D eigenvalue weighted by Crippen LogP contribution is 2.42. The first-order valence-electron chi connectivity index (χ1n) is 19.4. The van der Waals surface area contributed by atoms with Gasteiger partial charge in [0, 0.05) is 60.4 Å². The van der Waals surface area contributed by atoms with Gasteiger partial charge in [-0.2, -0.15) is 0 Å². The molecule has 2 aliphatic rings. The summed E-state index contributed by atoms with van der Waals surface area (Å²) in [6.45, 7) is 4.93. The Balaban J connectivity index is 1.01. The molecule has 6 rings (SSSR count). The zero-order valence-electron chi connectivity index (χ0n) is 32.9. The van der Waals surface area contributed by atoms with Gasteiger partial charge in [0.1, 0.15) is 17.1 Å². The Bertz CT molecular complexity index is 2460. The molecule has 0 saturated heterocycles. The first-order valence-corrected chi connectivity index (χ1v) is 19.8. The number of nitrogens with one attached hydrogen (secondary N) is 3. The predicted molar refractivity (Wildman–Crippen MR) is 234 cm³/mol. The van der Waals surface area contributed by atoms with Crippen LogP contribution in [0.3, 0.4) is 0 Å². The number of aryl methyl sites for hydroxylation is 2. The zero-order valence-corrected chi connectivity index (χ0v) is 33.7. The topological polar surface area (TPSA) is 187 Å². The number of nitrogens with two attached hydrogens (primary N) is 1. The maximum Gasteiger partial charge on any atom is 0.336 e. The lowest BCUT2D eigenvalue weighted by Crippen LogP contribution is -2.44. The molecular formula is C46H47N5O7S. The van der Waals surface area contributed by atoms with E-state index < -0.39 is 5.97 Å². The summed E-state index contributed by atoms with van der Waals surface area (Å²) < 4.78 is 5.91. The Kier molecular flexibility index (Phi) is 13.7. The van der Waals surface area contributed by atoms with Crippen LogP contribution in [0.25, 0.3) is 33.4 Å².